The molecule has 0 spiro atoms. The molecule has 4 nitrogen and oxygen atoms in total. The molecule has 2 aromatic carbocycles. The topological polar surface area (TPSA) is 64.3 Å². The van der Waals surface area contributed by atoms with Crippen molar-refractivity contribution in [1.82, 2.24) is 5.32 Å². The Morgan fingerprint density at radius 2 is 1.96 bits per heavy atom. The van der Waals surface area contributed by atoms with Gasteiger partial charge in [0.15, 0.2) is 0 Å². The van der Waals surface area contributed by atoms with Crippen molar-refractivity contribution in [3.05, 3.63) is 59.4 Å². The van der Waals surface area contributed by atoms with Crippen molar-refractivity contribution in [2.45, 2.75) is 19.8 Å². The van der Waals surface area contributed by atoms with Crippen molar-refractivity contribution >= 4 is 11.6 Å². The molecule has 2 aromatic rings. The third-order valence-corrected chi connectivity index (χ3v) is 3.35. The molecule has 0 atom stereocenters. The predicted molar refractivity (Wildman–Crippen MR) is 89.1 cm³/mol. The van der Waals surface area contributed by atoms with Crippen molar-refractivity contribution in [1.29, 1.82) is 0 Å². The van der Waals surface area contributed by atoms with Gasteiger partial charge in [-0.25, -0.2) is 4.39 Å². The van der Waals surface area contributed by atoms with Gasteiger partial charge in [0.25, 0.3) is 5.91 Å². The van der Waals surface area contributed by atoms with Crippen LogP contribution < -0.4 is 15.8 Å². The van der Waals surface area contributed by atoms with E-state index >= 15 is 0 Å². The molecule has 0 saturated carbocycles. The summed E-state index contributed by atoms with van der Waals surface area (Å²) in [6, 6.07) is 11.2. The number of nitrogens with one attached hydrogen (secondary N) is 1. The molecular weight excluding hydrogens is 295 g/mol. The Bertz CT molecular complexity index is 657. The average Bonchev–Trinajstić information content (AvgIpc) is 2.55. The first-order chi connectivity index (χ1) is 11.1. The first kappa shape index (κ1) is 16.8. The molecule has 23 heavy (non-hydrogen) atoms. The number of hydrogen-bond acceptors (Lipinski definition) is 3. The lowest BCUT2D eigenvalue weighted by Crippen LogP contribution is -2.25. The lowest BCUT2D eigenvalue weighted by molar-refractivity contribution is 0.0954. The Balaban J connectivity index is 1.87. The van der Waals surface area contributed by atoms with Gasteiger partial charge in [-0.05, 0) is 48.7 Å². The standard InChI is InChI=1S/C18H21FN2O2/c1-2-11-23-17-8-5-14(12-16(17)20)18(22)21-10-9-13-3-6-15(19)7-4-13/h3-8,12H,2,9-11,20H2,1H3,(H,21,22). The van der Waals surface area contributed by atoms with Crippen LogP contribution in [0.4, 0.5) is 10.1 Å². The van der Waals surface area contributed by atoms with Crippen LogP contribution in [0.1, 0.15) is 29.3 Å². The van der Waals surface area contributed by atoms with Gasteiger partial charge >= 0.3 is 0 Å². The average molecular weight is 316 g/mol. The maximum atomic E-state index is 12.8. The zero-order valence-electron chi connectivity index (χ0n) is 13.1. The number of halogens is 1. The third kappa shape index (κ3) is 4.98. The number of carbonyl (C=O) groups excluding carboxylic acids is 1. The summed E-state index contributed by atoms with van der Waals surface area (Å²) in [6.07, 6.45) is 1.53. The molecule has 1 amide bonds. The molecule has 0 fully saturated rings. The molecule has 5 heteroatoms. The van der Waals surface area contributed by atoms with Crippen LogP contribution in [0.2, 0.25) is 0 Å². The van der Waals surface area contributed by atoms with E-state index in [2.05, 4.69) is 5.32 Å². The van der Waals surface area contributed by atoms with E-state index in [0.29, 0.717) is 36.6 Å². The van der Waals surface area contributed by atoms with E-state index in [1.807, 2.05) is 6.92 Å². The van der Waals surface area contributed by atoms with Crippen LogP contribution in [0.15, 0.2) is 42.5 Å². The number of hydrogen-bond donors (Lipinski definition) is 2. The van der Waals surface area contributed by atoms with Crippen LogP contribution >= 0.6 is 0 Å². The maximum absolute atomic E-state index is 12.8. The quantitative estimate of drug-likeness (QED) is 0.771. The van der Waals surface area contributed by atoms with Gasteiger partial charge in [-0.1, -0.05) is 19.1 Å². The summed E-state index contributed by atoms with van der Waals surface area (Å²) in [5, 5.41) is 2.82. The summed E-state index contributed by atoms with van der Waals surface area (Å²) in [7, 11) is 0. The fourth-order valence-electron chi connectivity index (χ4n) is 2.11. The highest BCUT2D eigenvalue weighted by Gasteiger charge is 2.08. The van der Waals surface area contributed by atoms with Crippen LogP contribution in [0, 0.1) is 5.82 Å². The molecule has 3 N–H and O–H groups in total. The first-order valence-corrected chi connectivity index (χ1v) is 7.65. The normalized spacial score (nSPS) is 10.3. The smallest absolute Gasteiger partial charge is 0.251 e. The zero-order valence-corrected chi connectivity index (χ0v) is 13.1. The fourth-order valence-corrected chi connectivity index (χ4v) is 2.11. The van der Waals surface area contributed by atoms with Crippen LogP contribution in [0.3, 0.4) is 0 Å². The van der Waals surface area contributed by atoms with E-state index in [9.17, 15) is 9.18 Å². The van der Waals surface area contributed by atoms with Crippen molar-refractivity contribution in [2.24, 2.45) is 0 Å². The fraction of sp³-hybridized carbons (Fsp3) is 0.278. The molecule has 2 rings (SSSR count). The van der Waals surface area contributed by atoms with Gasteiger partial charge in [-0.3, -0.25) is 4.79 Å². The molecule has 0 aliphatic heterocycles. The number of carbonyl (C=O) groups is 1. The molecule has 0 aliphatic rings. The van der Waals surface area contributed by atoms with Gasteiger partial charge in [-0.15, -0.1) is 0 Å². The Hall–Kier alpha value is -2.56. The second-order valence-electron chi connectivity index (χ2n) is 5.23. The van der Waals surface area contributed by atoms with Crippen molar-refractivity contribution in [3.8, 4) is 5.75 Å². The van der Waals surface area contributed by atoms with Gasteiger partial charge in [0.05, 0.1) is 12.3 Å². The minimum atomic E-state index is -0.265. The first-order valence-electron chi connectivity index (χ1n) is 7.65. The molecule has 0 aliphatic carbocycles. The van der Waals surface area contributed by atoms with Crippen LogP contribution in [0.5, 0.6) is 5.75 Å². The molecule has 0 saturated heterocycles. The third-order valence-electron chi connectivity index (χ3n) is 3.35. The van der Waals surface area contributed by atoms with Gasteiger partial charge in [0, 0.05) is 12.1 Å². The van der Waals surface area contributed by atoms with Gasteiger partial charge < -0.3 is 15.8 Å². The predicted octanol–water partition coefficient (Wildman–Crippen LogP) is 3.17. The zero-order chi connectivity index (χ0) is 16.7. The van der Waals surface area contributed by atoms with Crippen molar-refractivity contribution < 1.29 is 13.9 Å². The Kier molecular flexibility index (Phi) is 5.97. The second kappa shape index (κ2) is 8.17. The summed E-state index contributed by atoms with van der Waals surface area (Å²) in [5.74, 6) is 0.134. The second-order valence-corrected chi connectivity index (χ2v) is 5.23. The van der Waals surface area contributed by atoms with E-state index in [0.717, 1.165) is 12.0 Å². The molecule has 0 unspecified atom stereocenters. The molecule has 0 heterocycles. The van der Waals surface area contributed by atoms with E-state index in [-0.39, 0.29) is 11.7 Å². The SMILES string of the molecule is CCCOc1ccc(C(=O)NCCc2ccc(F)cc2)cc1N. The Labute approximate surface area is 135 Å². The van der Waals surface area contributed by atoms with Crippen LogP contribution in [-0.4, -0.2) is 19.1 Å². The van der Waals surface area contributed by atoms with Crippen molar-refractivity contribution in [2.75, 3.05) is 18.9 Å². The van der Waals surface area contributed by atoms with Crippen LogP contribution in [0.25, 0.3) is 0 Å². The summed E-state index contributed by atoms with van der Waals surface area (Å²) in [4.78, 5) is 12.1. The number of anilines is 1. The largest absolute Gasteiger partial charge is 0.491 e. The van der Waals surface area contributed by atoms with E-state index < -0.39 is 0 Å². The number of amides is 1. The Morgan fingerprint density at radius 3 is 2.61 bits per heavy atom. The number of nitrogen functional groups attached to an aromatic ring is 1. The highest BCUT2D eigenvalue weighted by Crippen LogP contribution is 2.22. The van der Waals surface area contributed by atoms with E-state index in [1.165, 1.54) is 12.1 Å². The molecule has 0 bridgehead atoms. The lowest BCUT2D eigenvalue weighted by atomic mass is 10.1. The van der Waals surface area contributed by atoms with Gasteiger partial charge in [0.2, 0.25) is 0 Å². The van der Waals surface area contributed by atoms with Gasteiger partial charge in [0.1, 0.15) is 11.6 Å². The number of benzene rings is 2. The molecule has 0 aromatic heterocycles. The lowest BCUT2D eigenvalue weighted by Gasteiger charge is -2.10. The minimum absolute atomic E-state index is 0.194. The van der Waals surface area contributed by atoms with E-state index in [1.54, 1.807) is 30.3 Å². The number of ether oxygens (including phenoxy) is 1. The molecule has 0 radical (unpaired) electrons. The molecule has 122 valence electrons. The minimum Gasteiger partial charge on any atom is -0.491 e. The highest BCUT2D eigenvalue weighted by atomic mass is 19.1. The monoisotopic (exact) mass is 316 g/mol. The van der Waals surface area contributed by atoms with E-state index in [4.69, 9.17) is 10.5 Å². The molecular formula is C18H21FN2O2. The van der Waals surface area contributed by atoms with Crippen LogP contribution in [-0.2, 0) is 6.42 Å². The summed E-state index contributed by atoms with van der Waals surface area (Å²) >= 11 is 0. The van der Waals surface area contributed by atoms with Gasteiger partial charge in [-0.2, -0.15) is 0 Å². The summed E-state index contributed by atoms with van der Waals surface area (Å²) in [6.45, 7) is 3.07. The Morgan fingerprint density at radius 1 is 1.22 bits per heavy atom. The highest BCUT2D eigenvalue weighted by molar-refractivity contribution is 5.95. The summed E-state index contributed by atoms with van der Waals surface area (Å²) in [5.41, 5.74) is 7.80. The maximum Gasteiger partial charge on any atom is 0.251 e. The number of rotatable bonds is 7. The summed E-state index contributed by atoms with van der Waals surface area (Å²) < 4.78 is 18.3. The number of nitrogens with two attached hydrogens (primary N) is 1. The van der Waals surface area contributed by atoms with Crippen molar-refractivity contribution in [3.63, 3.8) is 0 Å².